The molecule has 0 spiro atoms. The third-order valence-electron chi connectivity index (χ3n) is 5.70. The Morgan fingerprint density at radius 3 is 2.45 bits per heavy atom. The van der Waals surface area contributed by atoms with Gasteiger partial charge in [-0.05, 0) is 69.5 Å². The summed E-state index contributed by atoms with van der Waals surface area (Å²) in [6.45, 7) is 13.7. The molecule has 1 aliphatic heterocycles. The van der Waals surface area contributed by atoms with Crippen LogP contribution in [0.15, 0.2) is 0 Å². The summed E-state index contributed by atoms with van der Waals surface area (Å²) >= 11 is 0. The summed E-state index contributed by atoms with van der Waals surface area (Å²) in [6, 6.07) is 0.669. The van der Waals surface area contributed by atoms with Crippen molar-refractivity contribution in [1.29, 1.82) is 0 Å². The van der Waals surface area contributed by atoms with Crippen molar-refractivity contribution in [1.82, 2.24) is 10.2 Å². The van der Waals surface area contributed by atoms with Crippen molar-refractivity contribution >= 4 is 0 Å². The summed E-state index contributed by atoms with van der Waals surface area (Å²) in [6.07, 6.45) is 4.91. The minimum absolute atomic E-state index is 0.128. The predicted molar refractivity (Wildman–Crippen MR) is 84.8 cm³/mol. The van der Waals surface area contributed by atoms with Gasteiger partial charge in [-0.25, -0.2) is 0 Å². The van der Waals surface area contributed by atoms with Gasteiger partial charge < -0.3 is 15.3 Å². The molecule has 2 aliphatic rings. The predicted octanol–water partition coefficient (Wildman–Crippen LogP) is 2.49. The zero-order chi connectivity index (χ0) is 14.8. The molecule has 2 rings (SSSR count). The van der Waals surface area contributed by atoms with Crippen molar-refractivity contribution in [3.8, 4) is 0 Å². The third-order valence-corrected chi connectivity index (χ3v) is 5.70. The van der Waals surface area contributed by atoms with Crippen LogP contribution in [0.5, 0.6) is 0 Å². The van der Waals surface area contributed by atoms with Crippen LogP contribution in [0.25, 0.3) is 0 Å². The van der Waals surface area contributed by atoms with E-state index in [4.69, 9.17) is 0 Å². The molecule has 1 saturated carbocycles. The molecule has 0 bridgehead atoms. The molecule has 20 heavy (non-hydrogen) atoms. The number of hydrogen-bond donors (Lipinski definition) is 2. The fraction of sp³-hybridized carbons (Fsp3) is 1.00. The van der Waals surface area contributed by atoms with E-state index in [-0.39, 0.29) is 6.10 Å². The maximum absolute atomic E-state index is 9.70. The first-order valence-corrected chi connectivity index (χ1v) is 8.58. The highest BCUT2D eigenvalue weighted by atomic mass is 16.3. The Bertz CT molecular complexity index is 295. The molecule has 1 aliphatic carbocycles. The Morgan fingerprint density at radius 2 is 1.90 bits per heavy atom. The Balaban J connectivity index is 1.84. The molecule has 0 amide bonds. The van der Waals surface area contributed by atoms with Gasteiger partial charge in [0, 0.05) is 12.6 Å². The highest BCUT2D eigenvalue weighted by molar-refractivity contribution is 4.97. The summed E-state index contributed by atoms with van der Waals surface area (Å²) in [5, 5.41) is 13.4. The molecule has 2 N–H and O–H groups in total. The highest BCUT2D eigenvalue weighted by Gasteiger charge is 2.42. The van der Waals surface area contributed by atoms with Crippen molar-refractivity contribution in [2.45, 2.75) is 65.5 Å². The van der Waals surface area contributed by atoms with Crippen molar-refractivity contribution in [2.75, 3.05) is 26.2 Å². The number of rotatable bonds is 5. The first kappa shape index (κ1) is 16.3. The highest BCUT2D eigenvalue weighted by Crippen LogP contribution is 2.41. The largest absolute Gasteiger partial charge is 0.393 e. The van der Waals surface area contributed by atoms with E-state index in [1.54, 1.807) is 0 Å². The first-order chi connectivity index (χ1) is 9.44. The van der Waals surface area contributed by atoms with Gasteiger partial charge in [0.05, 0.1) is 6.10 Å². The molecule has 118 valence electrons. The Morgan fingerprint density at radius 1 is 1.25 bits per heavy atom. The van der Waals surface area contributed by atoms with Crippen molar-refractivity contribution < 1.29 is 5.11 Å². The molecule has 2 fully saturated rings. The van der Waals surface area contributed by atoms with Crippen molar-refractivity contribution in [3.05, 3.63) is 0 Å². The molecule has 0 aromatic heterocycles. The number of likely N-dealkylation sites (tertiary alicyclic amines) is 1. The molecule has 0 radical (unpaired) electrons. The standard InChI is InChI=1S/C17H34N2O/c1-5-18-16-15(6-9-17(16,3)4)12-19-10-7-14(8-11-19)13(2)20/h13-16,18,20H,5-12H2,1-4H3. The fourth-order valence-corrected chi connectivity index (χ4v) is 4.33. The lowest BCUT2D eigenvalue weighted by Gasteiger charge is -2.37. The summed E-state index contributed by atoms with van der Waals surface area (Å²) in [7, 11) is 0. The number of piperidine rings is 1. The van der Waals surface area contributed by atoms with Gasteiger partial charge in [0.15, 0.2) is 0 Å². The second-order valence-corrected chi connectivity index (χ2v) is 7.70. The lowest BCUT2D eigenvalue weighted by molar-refractivity contribution is 0.0635. The number of nitrogens with one attached hydrogen (secondary N) is 1. The molecule has 3 atom stereocenters. The van der Waals surface area contributed by atoms with Gasteiger partial charge in [-0.1, -0.05) is 20.8 Å². The molecule has 0 aromatic rings. The van der Waals surface area contributed by atoms with E-state index < -0.39 is 0 Å². The monoisotopic (exact) mass is 282 g/mol. The van der Waals surface area contributed by atoms with E-state index in [1.807, 2.05) is 6.92 Å². The van der Waals surface area contributed by atoms with Gasteiger partial charge in [-0.3, -0.25) is 0 Å². The maximum Gasteiger partial charge on any atom is 0.0541 e. The second kappa shape index (κ2) is 6.76. The van der Waals surface area contributed by atoms with Crippen LogP contribution < -0.4 is 5.32 Å². The van der Waals surface area contributed by atoms with Crippen LogP contribution in [0, 0.1) is 17.3 Å². The van der Waals surface area contributed by atoms with E-state index in [1.165, 1.54) is 45.3 Å². The third kappa shape index (κ3) is 3.75. The zero-order valence-electron chi connectivity index (χ0n) is 13.9. The van der Waals surface area contributed by atoms with E-state index >= 15 is 0 Å². The van der Waals surface area contributed by atoms with E-state index in [0.29, 0.717) is 17.4 Å². The van der Waals surface area contributed by atoms with Gasteiger partial charge in [-0.15, -0.1) is 0 Å². The molecular weight excluding hydrogens is 248 g/mol. The quantitative estimate of drug-likeness (QED) is 0.813. The van der Waals surface area contributed by atoms with Crippen LogP contribution in [0.3, 0.4) is 0 Å². The maximum atomic E-state index is 9.70. The molecule has 1 saturated heterocycles. The summed E-state index contributed by atoms with van der Waals surface area (Å²) in [5.41, 5.74) is 0.443. The summed E-state index contributed by atoms with van der Waals surface area (Å²) in [4.78, 5) is 2.63. The minimum Gasteiger partial charge on any atom is -0.393 e. The molecular formula is C17H34N2O. The summed E-state index contributed by atoms with van der Waals surface area (Å²) < 4.78 is 0. The van der Waals surface area contributed by atoms with Gasteiger partial charge in [0.25, 0.3) is 0 Å². The Labute approximate surface area is 125 Å². The molecule has 3 heteroatoms. The average molecular weight is 282 g/mol. The molecule has 3 nitrogen and oxygen atoms in total. The van der Waals surface area contributed by atoms with Crippen LogP contribution >= 0.6 is 0 Å². The topological polar surface area (TPSA) is 35.5 Å². The normalized spacial score (nSPS) is 33.5. The molecule has 0 aromatic carbocycles. The lowest BCUT2D eigenvalue weighted by atomic mass is 9.84. The zero-order valence-corrected chi connectivity index (χ0v) is 13.9. The minimum atomic E-state index is -0.128. The lowest BCUT2D eigenvalue weighted by Crippen LogP contribution is -2.47. The Hall–Kier alpha value is -0.120. The van der Waals surface area contributed by atoms with E-state index in [0.717, 1.165) is 12.5 Å². The Kier molecular flexibility index (Phi) is 5.49. The summed E-state index contributed by atoms with van der Waals surface area (Å²) in [5.74, 6) is 1.32. The fourth-order valence-electron chi connectivity index (χ4n) is 4.33. The number of hydrogen-bond acceptors (Lipinski definition) is 3. The van der Waals surface area contributed by atoms with Gasteiger partial charge in [0.2, 0.25) is 0 Å². The van der Waals surface area contributed by atoms with Crippen molar-refractivity contribution in [3.63, 3.8) is 0 Å². The van der Waals surface area contributed by atoms with Gasteiger partial charge in [-0.2, -0.15) is 0 Å². The number of aliphatic hydroxyl groups is 1. The van der Waals surface area contributed by atoms with Crippen molar-refractivity contribution in [2.24, 2.45) is 17.3 Å². The molecule has 1 heterocycles. The smallest absolute Gasteiger partial charge is 0.0541 e. The average Bonchev–Trinajstić information content (AvgIpc) is 2.67. The van der Waals surface area contributed by atoms with Gasteiger partial charge in [0.1, 0.15) is 0 Å². The van der Waals surface area contributed by atoms with Crippen LogP contribution in [0.2, 0.25) is 0 Å². The van der Waals surface area contributed by atoms with E-state index in [9.17, 15) is 5.11 Å². The molecule has 3 unspecified atom stereocenters. The van der Waals surface area contributed by atoms with Gasteiger partial charge >= 0.3 is 0 Å². The van der Waals surface area contributed by atoms with E-state index in [2.05, 4.69) is 31.0 Å². The van der Waals surface area contributed by atoms with Crippen LogP contribution in [-0.2, 0) is 0 Å². The number of nitrogens with zero attached hydrogens (tertiary/aromatic N) is 1. The SMILES string of the molecule is CCNC1C(CN2CCC(C(C)O)CC2)CCC1(C)C. The van der Waals surface area contributed by atoms with Crippen LogP contribution in [0.4, 0.5) is 0 Å². The second-order valence-electron chi connectivity index (χ2n) is 7.70. The van der Waals surface area contributed by atoms with Crippen LogP contribution in [0.1, 0.15) is 53.4 Å². The van der Waals surface area contributed by atoms with Crippen LogP contribution in [-0.4, -0.2) is 48.3 Å². The number of aliphatic hydroxyl groups excluding tert-OH is 1. The first-order valence-electron chi connectivity index (χ1n) is 8.58.